The lowest BCUT2D eigenvalue weighted by molar-refractivity contribution is -0.128. The van der Waals surface area contributed by atoms with Gasteiger partial charge in [-0.05, 0) is 12.1 Å². The van der Waals surface area contributed by atoms with Gasteiger partial charge in [-0.3, -0.25) is 4.79 Å². The van der Waals surface area contributed by atoms with Crippen molar-refractivity contribution in [1.82, 2.24) is 4.90 Å². The summed E-state index contributed by atoms with van der Waals surface area (Å²) in [5.41, 5.74) is 0.476. The van der Waals surface area contributed by atoms with Crippen LogP contribution in [0, 0.1) is 5.92 Å². The van der Waals surface area contributed by atoms with Crippen LogP contribution in [0.25, 0.3) is 0 Å². The summed E-state index contributed by atoms with van der Waals surface area (Å²) >= 11 is 12.1. The van der Waals surface area contributed by atoms with Crippen LogP contribution in [0.5, 0.6) is 5.75 Å². The second-order valence-electron chi connectivity index (χ2n) is 5.23. The van der Waals surface area contributed by atoms with Gasteiger partial charge in [-0.15, -0.1) is 0 Å². The molecule has 1 saturated heterocycles. The van der Waals surface area contributed by atoms with Gasteiger partial charge in [-0.1, -0.05) is 23.2 Å². The summed E-state index contributed by atoms with van der Waals surface area (Å²) in [6, 6.07) is 2.96. The number of hydrogen-bond donors (Lipinski definition) is 3. The SMILES string of the molecule is O=C1C[C@@H](c2c(O)ccc(Cl)c2Cl)CN1CC(CO)CO. The number of likely N-dealkylation sites (tertiary alicyclic amines) is 1. The van der Waals surface area contributed by atoms with Crippen LogP contribution < -0.4 is 0 Å². The topological polar surface area (TPSA) is 81.0 Å². The fourth-order valence-corrected chi connectivity index (χ4v) is 3.05. The van der Waals surface area contributed by atoms with E-state index in [9.17, 15) is 9.90 Å². The Labute approximate surface area is 132 Å². The summed E-state index contributed by atoms with van der Waals surface area (Å²) in [4.78, 5) is 13.6. The van der Waals surface area contributed by atoms with Gasteiger partial charge in [0.1, 0.15) is 5.75 Å². The Morgan fingerprint density at radius 3 is 2.57 bits per heavy atom. The number of halogens is 2. The van der Waals surface area contributed by atoms with Gasteiger partial charge >= 0.3 is 0 Å². The lowest BCUT2D eigenvalue weighted by atomic mass is 9.97. The highest BCUT2D eigenvalue weighted by Crippen LogP contribution is 2.41. The number of carbonyl (C=O) groups is 1. The Kier molecular flexibility index (Phi) is 5.32. The first kappa shape index (κ1) is 16.4. The number of benzene rings is 1. The third-order valence-corrected chi connectivity index (χ3v) is 4.55. The predicted octanol–water partition coefficient (Wildman–Crippen LogP) is 1.62. The highest BCUT2D eigenvalue weighted by molar-refractivity contribution is 6.42. The van der Waals surface area contributed by atoms with E-state index in [2.05, 4.69) is 0 Å². The zero-order valence-electron chi connectivity index (χ0n) is 11.3. The number of phenols is 1. The van der Waals surface area contributed by atoms with Crippen LogP contribution >= 0.6 is 23.2 Å². The summed E-state index contributed by atoms with van der Waals surface area (Å²) in [5.74, 6) is -0.690. The summed E-state index contributed by atoms with van der Waals surface area (Å²) in [6.07, 6.45) is 0.219. The molecule has 5 nitrogen and oxygen atoms in total. The molecule has 1 fully saturated rings. The van der Waals surface area contributed by atoms with E-state index in [1.807, 2.05) is 0 Å². The standard InChI is InChI=1S/C14H17Cl2NO4/c15-10-1-2-11(20)13(14(10)16)9-3-12(21)17(5-9)4-8(6-18)7-19/h1-2,8-9,18-20H,3-7H2/t9-/m1/s1. The van der Waals surface area contributed by atoms with E-state index in [1.54, 1.807) is 4.90 Å². The van der Waals surface area contributed by atoms with E-state index < -0.39 is 0 Å². The monoisotopic (exact) mass is 333 g/mol. The van der Waals surface area contributed by atoms with Gasteiger partial charge in [0.15, 0.2) is 0 Å². The minimum atomic E-state index is -0.365. The van der Waals surface area contributed by atoms with Gasteiger partial charge in [0, 0.05) is 50.1 Å². The maximum absolute atomic E-state index is 12.0. The molecule has 0 aliphatic carbocycles. The van der Waals surface area contributed by atoms with Gasteiger partial charge in [0.05, 0.1) is 10.0 Å². The van der Waals surface area contributed by atoms with Crippen molar-refractivity contribution in [3.8, 4) is 5.75 Å². The normalized spacial score (nSPS) is 18.8. The van der Waals surface area contributed by atoms with Gasteiger partial charge in [-0.25, -0.2) is 0 Å². The molecule has 21 heavy (non-hydrogen) atoms. The Morgan fingerprint density at radius 1 is 1.29 bits per heavy atom. The van der Waals surface area contributed by atoms with Crippen molar-refractivity contribution in [1.29, 1.82) is 0 Å². The molecule has 0 saturated carbocycles. The Balaban J connectivity index is 2.18. The summed E-state index contributed by atoms with van der Waals surface area (Å²) in [6.45, 7) is 0.284. The molecule has 1 aromatic rings. The average molecular weight is 334 g/mol. The molecular weight excluding hydrogens is 317 g/mol. The summed E-state index contributed by atoms with van der Waals surface area (Å²) < 4.78 is 0. The van der Waals surface area contributed by atoms with Gasteiger partial charge in [-0.2, -0.15) is 0 Å². The van der Waals surface area contributed by atoms with Crippen LogP contribution in [-0.4, -0.2) is 52.4 Å². The Hall–Kier alpha value is -1.01. The third-order valence-electron chi connectivity index (χ3n) is 3.73. The van der Waals surface area contributed by atoms with Gasteiger partial charge < -0.3 is 20.2 Å². The van der Waals surface area contributed by atoms with Crippen LogP contribution in [-0.2, 0) is 4.79 Å². The average Bonchev–Trinajstić information content (AvgIpc) is 2.81. The van der Waals surface area contributed by atoms with Gasteiger partial charge in [0.25, 0.3) is 0 Å². The van der Waals surface area contributed by atoms with E-state index >= 15 is 0 Å². The number of amides is 1. The molecular formula is C14H17Cl2NO4. The highest BCUT2D eigenvalue weighted by atomic mass is 35.5. The van der Waals surface area contributed by atoms with Crippen molar-refractivity contribution in [3.63, 3.8) is 0 Å². The lowest BCUT2D eigenvalue weighted by Crippen LogP contribution is -2.33. The molecule has 1 aliphatic rings. The van der Waals surface area contributed by atoms with Gasteiger partial charge in [0.2, 0.25) is 5.91 Å². The molecule has 116 valence electrons. The van der Waals surface area contributed by atoms with E-state index in [-0.39, 0.29) is 54.7 Å². The van der Waals surface area contributed by atoms with Crippen molar-refractivity contribution in [2.75, 3.05) is 26.3 Å². The molecule has 1 aromatic carbocycles. The van der Waals surface area contributed by atoms with Crippen LogP contribution in [0.2, 0.25) is 10.0 Å². The van der Waals surface area contributed by atoms with E-state index in [4.69, 9.17) is 33.4 Å². The van der Waals surface area contributed by atoms with Crippen molar-refractivity contribution < 1.29 is 20.1 Å². The molecule has 0 aromatic heterocycles. The van der Waals surface area contributed by atoms with Crippen LogP contribution in [0.15, 0.2) is 12.1 Å². The molecule has 3 N–H and O–H groups in total. The zero-order chi connectivity index (χ0) is 15.6. The number of aliphatic hydroxyl groups is 2. The molecule has 0 radical (unpaired) electrons. The maximum Gasteiger partial charge on any atom is 0.223 e. The first-order valence-electron chi connectivity index (χ1n) is 6.64. The fraction of sp³-hybridized carbons (Fsp3) is 0.500. The highest BCUT2D eigenvalue weighted by Gasteiger charge is 2.34. The maximum atomic E-state index is 12.0. The third kappa shape index (κ3) is 3.43. The quantitative estimate of drug-likeness (QED) is 0.764. The number of phenolic OH excluding ortho intramolecular Hbond substituents is 1. The number of aromatic hydroxyl groups is 1. The fourth-order valence-electron chi connectivity index (χ4n) is 2.57. The van der Waals surface area contributed by atoms with Crippen LogP contribution in [0.4, 0.5) is 0 Å². The molecule has 0 bridgehead atoms. The molecule has 0 unspecified atom stereocenters. The number of nitrogens with zero attached hydrogens (tertiary/aromatic N) is 1. The first-order valence-corrected chi connectivity index (χ1v) is 7.39. The second kappa shape index (κ2) is 6.83. The lowest BCUT2D eigenvalue weighted by Gasteiger charge is -2.21. The largest absolute Gasteiger partial charge is 0.508 e. The number of aliphatic hydroxyl groups excluding tert-OH is 2. The van der Waals surface area contributed by atoms with E-state index in [1.165, 1.54) is 12.1 Å². The minimum absolute atomic E-state index is 0.0184. The molecule has 1 aliphatic heterocycles. The second-order valence-corrected chi connectivity index (χ2v) is 6.01. The Morgan fingerprint density at radius 2 is 1.95 bits per heavy atom. The zero-order valence-corrected chi connectivity index (χ0v) is 12.8. The summed E-state index contributed by atoms with van der Waals surface area (Å²) in [5, 5.41) is 28.8. The summed E-state index contributed by atoms with van der Waals surface area (Å²) in [7, 11) is 0. The molecule has 2 rings (SSSR count). The Bertz CT molecular complexity index is 534. The number of carbonyl (C=O) groups excluding carboxylic acids is 1. The number of rotatable bonds is 5. The molecule has 1 amide bonds. The smallest absolute Gasteiger partial charge is 0.223 e. The number of hydrogen-bond acceptors (Lipinski definition) is 4. The van der Waals surface area contributed by atoms with Crippen LogP contribution in [0.3, 0.4) is 0 Å². The molecule has 0 spiro atoms. The first-order chi connectivity index (χ1) is 9.97. The van der Waals surface area contributed by atoms with Crippen molar-refractivity contribution in [2.45, 2.75) is 12.3 Å². The van der Waals surface area contributed by atoms with Crippen molar-refractivity contribution in [2.24, 2.45) is 5.92 Å². The minimum Gasteiger partial charge on any atom is -0.508 e. The van der Waals surface area contributed by atoms with Crippen molar-refractivity contribution >= 4 is 29.1 Å². The molecule has 1 atom stereocenters. The van der Waals surface area contributed by atoms with Crippen molar-refractivity contribution in [3.05, 3.63) is 27.7 Å². The molecule has 7 heteroatoms. The van der Waals surface area contributed by atoms with Crippen LogP contribution in [0.1, 0.15) is 17.9 Å². The molecule has 1 heterocycles. The predicted molar refractivity (Wildman–Crippen MR) is 79.7 cm³/mol. The van der Waals surface area contributed by atoms with E-state index in [0.717, 1.165) is 0 Å². The van der Waals surface area contributed by atoms with E-state index in [0.29, 0.717) is 17.1 Å².